The molecule has 1 aromatic rings. The predicted octanol–water partition coefficient (Wildman–Crippen LogP) is 1.24. The molecule has 1 fully saturated rings. The molecule has 3 rings (SSSR count). The van der Waals surface area contributed by atoms with Crippen LogP contribution in [-0.2, 0) is 9.59 Å². The molecule has 0 radical (unpaired) electrons. The molecule has 0 aromatic carbocycles. The number of nitrogens with zero attached hydrogens (tertiary/aromatic N) is 3. The van der Waals surface area contributed by atoms with Gasteiger partial charge in [0.25, 0.3) is 0 Å². The van der Waals surface area contributed by atoms with Gasteiger partial charge in [-0.25, -0.2) is 4.39 Å². The van der Waals surface area contributed by atoms with Gasteiger partial charge in [-0.15, -0.1) is 10.2 Å². The van der Waals surface area contributed by atoms with Gasteiger partial charge in [0.05, 0.1) is 17.7 Å². The molecule has 112 valence electrons. The summed E-state index contributed by atoms with van der Waals surface area (Å²) in [6.45, 7) is 1.50. The van der Waals surface area contributed by atoms with E-state index < -0.39 is 6.17 Å². The summed E-state index contributed by atoms with van der Waals surface area (Å²) in [5, 5.41) is 19.3. The molecule has 1 aliphatic carbocycles. The van der Waals surface area contributed by atoms with E-state index in [0.29, 0.717) is 17.7 Å². The summed E-state index contributed by atoms with van der Waals surface area (Å²) in [4.78, 5) is 23.1. The Labute approximate surface area is 126 Å². The molecular formula is C15H13FN4O2. The number of alkyl halides is 1. The van der Waals surface area contributed by atoms with Crippen LogP contribution in [0.2, 0.25) is 0 Å². The third kappa shape index (κ3) is 2.48. The lowest BCUT2D eigenvalue weighted by Gasteiger charge is -2.12. The lowest BCUT2D eigenvalue weighted by molar-refractivity contribution is -0.125. The van der Waals surface area contributed by atoms with E-state index in [4.69, 9.17) is 5.26 Å². The van der Waals surface area contributed by atoms with Crippen LogP contribution in [0.1, 0.15) is 42.6 Å². The van der Waals surface area contributed by atoms with Crippen molar-refractivity contribution in [1.29, 1.82) is 5.26 Å². The van der Waals surface area contributed by atoms with E-state index in [-0.39, 0.29) is 41.2 Å². The molecule has 2 aliphatic rings. The average molecular weight is 300 g/mol. The number of allylic oxidation sites excluding steroid dienone is 1. The zero-order valence-corrected chi connectivity index (χ0v) is 11.8. The Hall–Kier alpha value is -2.62. The number of carbonyl (C=O) groups is 2. The van der Waals surface area contributed by atoms with E-state index >= 15 is 0 Å². The first kappa shape index (κ1) is 14.3. The van der Waals surface area contributed by atoms with Gasteiger partial charge in [-0.1, -0.05) is 0 Å². The number of halogens is 1. The van der Waals surface area contributed by atoms with Gasteiger partial charge in [-0.05, 0) is 36.8 Å². The smallest absolute Gasteiger partial charge is 0.231 e. The van der Waals surface area contributed by atoms with Crippen molar-refractivity contribution < 1.29 is 14.0 Å². The molecule has 0 spiro atoms. The molecule has 22 heavy (non-hydrogen) atoms. The van der Waals surface area contributed by atoms with Crippen molar-refractivity contribution >= 4 is 17.3 Å². The highest BCUT2D eigenvalue weighted by atomic mass is 19.1. The topological polar surface area (TPSA) is 95.7 Å². The Bertz CT molecular complexity index is 736. The van der Waals surface area contributed by atoms with Crippen LogP contribution in [0.5, 0.6) is 0 Å². The number of rotatable bonds is 3. The molecule has 1 aromatic heterocycles. The molecule has 3 atom stereocenters. The maximum absolute atomic E-state index is 13.4. The van der Waals surface area contributed by atoms with Crippen molar-refractivity contribution in [2.24, 2.45) is 5.92 Å². The highest BCUT2D eigenvalue weighted by Crippen LogP contribution is 2.51. The van der Waals surface area contributed by atoms with E-state index in [1.807, 2.05) is 6.07 Å². The monoisotopic (exact) mass is 300 g/mol. The van der Waals surface area contributed by atoms with Crippen molar-refractivity contribution in [1.82, 2.24) is 15.5 Å². The number of nitriles is 1. The second-order valence-corrected chi connectivity index (χ2v) is 5.55. The molecule has 0 saturated heterocycles. The summed E-state index contributed by atoms with van der Waals surface area (Å²) >= 11 is 0. The standard InChI is InChI=1S/C15H13FN4O2/c1-7(16)8-2-9(8)10-3-12(19-20-13(10)5-17)11-6-18-15(22)4-14(11)21/h3,6-9H,2,4H2,1H3,(H,18,22)/t7?,8-,9+/m1/s1. The second kappa shape index (κ2) is 5.30. The summed E-state index contributed by atoms with van der Waals surface area (Å²) in [7, 11) is 0. The minimum Gasteiger partial charge on any atom is -0.331 e. The van der Waals surface area contributed by atoms with Gasteiger partial charge in [0.2, 0.25) is 5.91 Å². The first-order chi connectivity index (χ1) is 10.5. The number of amides is 1. The third-order valence-electron chi connectivity index (χ3n) is 4.03. The van der Waals surface area contributed by atoms with Gasteiger partial charge in [-0.3, -0.25) is 9.59 Å². The number of hydrogen-bond donors (Lipinski definition) is 1. The minimum atomic E-state index is -0.956. The second-order valence-electron chi connectivity index (χ2n) is 5.55. The van der Waals surface area contributed by atoms with Crippen LogP contribution in [0.3, 0.4) is 0 Å². The molecule has 2 heterocycles. The molecule has 1 saturated carbocycles. The van der Waals surface area contributed by atoms with Gasteiger partial charge >= 0.3 is 0 Å². The van der Waals surface area contributed by atoms with Crippen LogP contribution in [-0.4, -0.2) is 28.1 Å². The quantitative estimate of drug-likeness (QED) is 0.847. The van der Waals surface area contributed by atoms with E-state index in [1.165, 1.54) is 13.1 Å². The average Bonchev–Trinajstić information content (AvgIpc) is 3.27. The summed E-state index contributed by atoms with van der Waals surface area (Å²) in [5.41, 5.74) is 1.33. The predicted molar refractivity (Wildman–Crippen MR) is 73.9 cm³/mol. The van der Waals surface area contributed by atoms with Crippen LogP contribution in [0.25, 0.3) is 5.57 Å². The largest absolute Gasteiger partial charge is 0.331 e. The van der Waals surface area contributed by atoms with Crippen LogP contribution in [0, 0.1) is 17.2 Å². The third-order valence-corrected chi connectivity index (χ3v) is 4.03. The van der Waals surface area contributed by atoms with Crippen LogP contribution >= 0.6 is 0 Å². The molecule has 7 heteroatoms. The Morgan fingerprint density at radius 1 is 1.45 bits per heavy atom. The van der Waals surface area contributed by atoms with Gasteiger partial charge < -0.3 is 5.32 Å². The summed E-state index contributed by atoms with van der Waals surface area (Å²) in [5.74, 6) is -0.915. The number of hydrogen-bond acceptors (Lipinski definition) is 5. The number of aromatic nitrogens is 2. The Morgan fingerprint density at radius 3 is 2.82 bits per heavy atom. The number of nitrogens with one attached hydrogen (secondary N) is 1. The summed E-state index contributed by atoms with van der Waals surface area (Å²) in [6, 6.07) is 3.57. The highest BCUT2D eigenvalue weighted by Gasteiger charge is 2.44. The summed E-state index contributed by atoms with van der Waals surface area (Å²) < 4.78 is 13.4. The molecule has 1 aliphatic heterocycles. The Morgan fingerprint density at radius 2 is 2.23 bits per heavy atom. The summed E-state index contributed by atoms with van der Waals surface area (Å²) in [6.07, 6.45) is 0.760. The van der Waals surface area contributed by atoms with Crippen molar-refractivity contribution in [3.8, 4) is 6.07 Å². The fraction of sp³-hybridized carbons (Fsp3) is 0.400. The van der Waals surface area contributed by atoms with Crippen molar-refractivity contribution in [2.75, 3.05) is 0 Å². The van der Waals surface area contributed by atoms with Crippen molar-refractivity contribution in [3.05, 3.63) is 29.2 Å². The number of ketones is 1. The van der Waals surface area contributed by atoms with Crippen molar-refractivity contribution in [3.63, 3.8) is 0 Å². The normalized spacial score (nSPS) is 25.0. The first-order valence-electron chi connectivity index (χ1n) is 6.96. The van der Waals surface area contributed by atoms with Crippen LogP contribution in [0.15, 0.2) is 12.3 Å². The van der Waals surface area contributed by atoms with Crippen LogP contribution < -0.4 is 5.32 Å². The highest BCUT2D eigenvalue weighted by molar-refractivity contribution is 6.27. The molecule has 6 nitrogen and oxygen atoms in total. The molecule has 1 amide bonds. The van der Waals surface area contributed by atoms with E-state index in [1.54, 1.807) is 6.07 Å². The maximum Gasteiger partial charge on any atom is 0.231 e. The fourth-order valence-corrected chi connectivity index (χ4v) is 2.73. The Balaban J connectivity index is 1.97. The Kier molecular flexibility index (Phi) is 3.45. The van der Waals surface area contributed by atoms with E-state index in [9.17, 15) is 14.0 Å². The first-order valence-corrected chi connectivity index (χ1v) is 6.96. The molecular weight excluding hydrogens is 287 g/mol. The number of carbonyl (C=O) groups excluding carboxylic acids is 2. The SMILES string of the molecule is CC(F)[C@H]1C[C@@H]1c1cc(C2=CNC(=O)CC2=O)nnc1C#N. The zero-order valence-electron chi connectivity index (χ0n) is 11.8. The minimum absolute atomic E-state index is 0.0715. The van der Waals surface area contributed by atoms with Gasteiger partial charge in [0.15, 0.2) is 11.5 Å². The lowest BCUT2D eigenvalue weighted by atomic mass is 9.99. The molecule has 1 N–H and O–H groups in total. The maximum atomic E-state index is 13.4. The van der Waals surface area contributed by atoms with E-state index in [0.717, 1.165) is 0 Å². The molecule has 0 bridgehead atoms. The van der Waals surface area contributed by atoms with Crippen molar-refractivity contribution in [2.45, 2.75) is 31.9 Å². The van der Waals surface area contributed by atoms with Gasteiger partial charge in [0.1, 0.15) is 12.2 Å². The zero-order chi connectivity index (χ0) is 15.9. The molecule has 1 unspecified atom stereocenters. The van der Waals surface area contributed by atoms with Crippen LogP contribution in [0.4, 0.5) is 4.39 Å². The fourth-order valence-electron chi connectivity index (χ4n) is 2.73. The van der Waals surface area contributed by atoms with E-state index in [2.05, 4.69) is 15.5 Å². The number of Topliss-reactive ketones (excluding diaryl/α,β-unsaturated/α-hetero) is 1. The van der Waals surface area contributed by atoms with Gasteiger partial charge in [0, 0.05) is 6.20 Å². The van der Waals surface area contributed by atoms with Gasteiger partial charge in [-0.2, -0.15) is 5.26 Å². The lowest BCUT2D eigenvalue weighted by Crippen LogP contribution is -2.27.